The zero-order valence-corrected chi connectivity index (χ0v) is 24.9. The first-order valence-electron chi connectivity index (χ1n) is 13.8. The van der Waals surface area contributed by atoms with Crippen molar-refractivity contribution in [1.82, 2.24) is 10.2 Å². The van der Waals surface area contributed by atoms with E-state index in [1.54, 1.807) is 74.5 Å². The van der Waals surface area contributed by atoms with Gasteiger partial charge in [0, 0.05) is 17.6 Å². The summed E-state index contributed by atoms with van der Waals surface area (Å²) >= 11 is 6.22. The molecule has 41 heavy (non-hydrogen) atoms. The Kier molecular flexibility index (Phi) is 10.3. The van der Waals surface area contributed by atoms with Gasteiger partial charge >= 0.3 is 0 Å². The van der Waals surface area contributed by atoms with E-state index in [9.17, 15) is 18.0 Å². The Morgan fingerprint density at radius 1 is 1.00 bits per heavy atom. The van der Waals surface area contributed by atoms with Gasteiger partial charge in [0.1, 0.15) is 18.3 Å². The van der Waals surface area contributed by atoms with E-state index >= 15 is 0 Å². The van der Waals surface area contributed by atoms with Crippen molar-refractivity contribution >= 4 is 39.1 Å². The third kappa shape index (κ3) is 7.59. The molecule has 2 amide bonds. The van der Waals surface area contributed by atoms with Crippen LogP contribution in [0.4, 0.5) is 5.69 Å². The number of carbonyl (C=O) groups is 2. The van der Waals surface area contributed by atoms with Crippen molar-refractivity contribution < 1.29 is 22.7 Å². The molecule has 1 saturated carbocycles. The van der Waals surface area contributed by atoms with Crippen LogP contribution in [-0.4, -0.2) is 50.4 Å². The second kappa shape index (κ2) is 13.9. The van der Waals surface area contributed by atoms with Crippen LogP contribution < -0.4 is 14.4 Å². The maximum Gasteiger partial charge on any atom is 0.264 e. The van der Waals surface area contributed by atoms with Crippen LogP contribution in [0.3, 0.4) is 0 Å². The Morgan fingerprint density at radius 2 is 1.68 bits per heavy atom. The number of nitrogens with zero attached hydrogens (tertiary/aromatic N) is 2. The smallest absolute Gasteiger partial charge is 0.264 e. The van der Waals surface area contributed by atoms with E-state index in [-0.39, 0.29) is 29.1 Å². The Hall–Kier alpha value is -3.56. The van der Waals surface area contributed by atoms with E-state index in [4.69, 9.17) is 16.3 Å². The van der Waals surface area contributed by atoms with Crippen LogP contribution in [0.25, 0.3) is 0 Å². The van der Waals surface area contributed by atoms with Gasteiger partial charge in [0.25, 0.3) is 10.0 Å². The molecule has 3 aromatic carbocycles. The lowest BCUT2D eigenvalue weighted by molar-refractivity contribution is -0.139. The molecule has 1 aliphatic rings. The molecule has 0 aliphatic heterocycles. The normalized spacial score (nSPS) is 14.3. The summed E-state index contributed by atoms with van der Waals surface area (Å²) in [7, 11) is -4.18. The summed E-state index contributed by atoms with van der Waals surface area (Å²) in [6, 6.07) is 20.9. The van der Waals surface area contributed by atoms with E-state index in [1.165, 1.54) is 17.0 Å². The molecule has 1 aliphatic carbocycles. The van der Waals surface area contributed by atoms with Gasteiger partial charge in [-0.1, -0.05) is 66.9 Å². The molecule has 0 saturated heterocycles. The molecule has 10 heteroatoms. The molecule has 1 atom stereocenters. The molecule has 0 spiro atoms. The highest BCUT2D eigenvalue weighted by molar-refractivity contribution is 7.92. The first-order valence-corrected chi connectivity index (χ1v) is 15.7. The van der Waals surface area contributed by atoms with Crippen LogP contribution in [-0.2, 0) is 26.2 Å². The third-order valence-electron chi connectivity index (χ3n) is 7.15. The molecule has 4 rings (SSSR count). The molecule has 0 heterocycles. The van der Waals surface area contributed by atoms with Crippen molar-refractivity contribution in [2.24, 2.45) is 0 Å². The number of para-hydroxylation sites is 2. The zero-order chi connectivity index (χ0) is 29.4. The van der Waals surface area contributed by atoms with E-state index in [0.717, 1.165) is 35.6 Å². The number of rotatable bonds is 12. The van der Waals surface area contributed by atoms with Crippen LogP contribution in [0, 0.1) is 0 Å². The zero-order valence-electron chi connectivity index (χ0n) is 23.3. The first-order chi connectivity index (χ1) is 19.7. The minimum Gasteiger partial charge on any atom is -0.492 e. The van der Waals surface area contributed by atoms with Crippen molar-refractivity contribution in [3.63, 3.8) is 0 Å². The number of amides is 2. The third-order valence-corrected chi connectivity index (χ3v) is 9.16. The Morgan fingerprint density at radius 3 is 2.37 bits per heavy atom. The van der Waals surface area contributed by atoms with Crippen molar-refractivity contribution in [3.05, 3.63) is 89.4 Å². The number of sulfonamides is 1. The fourth-order valence-corrected chi connectivity index (χ4v) is 6.64. The molecule has 3 aromatic rings. The van der Waals surface area contributed by atoms with Crippen LogP contribution in [0.15, 0.2) is 83.8 Å². The largest absolute Gasteiger partial charge is 0.492 e. The predicted molar refractivity (Wildman–Crippen MR) is 160 cm³/mol. The quantitative estimate of drug-likeness (QED) is 0.301. The number of hydrogen-bond acceptors (Lipinski definition) is 5. The van der Waals surface area contributed by atoms with Crippen LogP contribution in [0.1, 0.15) is 45.1 Å². The second-order valence-electron chi connectivity index (χ2n) is 10.0. The van der Waals surface area contributed by atoms with Crippen molar-refractivity contribution in [2.45, 2.75) is 63.1 Å². The lowest BCUT2D eigenvalue weighted by Gasteiger charge is -2.33. The minimum absolute atomic E-state index is 0.0347. The highest BCUT2D eigenvalue weighted by atomic mass is 35.5. The molecule has 0 bridgehead atoms. The monoisotopic (exact) mass is 597 g/mol. The summed E-state index contributed by atoms with van der Waals surface area (Å²) in [5.74, 6) is -0.486. The lowest BCUT2D eigenvalue weighted by Crippen LogP contribution is -2.52. The van der Waals surface area contributed by atoms with Gasteiger partial charge in [0.15, 0.2) is 0 Å². The fourth-order valence-electron chi connectivity index (χ4n) is 4.98. The molecule has 0 radical (unpaired) electrons. The van der Waals surface area contributed by atoms with Gasteiger partial charge in [-0.2, -0.15) is 0 Å². The van der Waals surface area contributed by atoms with Gasteiger partial charge in [-0.3, -0.25) is 13.9 Å². The Balaban J connectivity index is 1.71. The summed E-state index contributed by atoms with van der Waals surface area (Å²) in [6.07, 6.45) is 3.90. The molecule has 1 fully saturated rings. The predicted octanol–water partition coefficient (Wildman–Crippen LogP) is 5.41. The van der Waals surface area contributed by atoms with Crippen LogP contribution in [0.2, 0.25) is 5.02 Å². The van der Waals surface area contributed by atoms with E-state index < -0.39 is 28.5 Å². The maximum atomic E-state index is 14.1. The molecular formula is C31H36ClN3O5S. The second-order valence-corrected chi connectivity index (χ2v) is 12.3. The number of halogens is 1. The summed E-state index contributed by atoms with van der Waals surface area (Å²) in [6.45, 7) is 3.31. The van der Waals surface area contributed by atoms with Crippen LogP contribution in [0.5, 0.6) is 5.75 Å². The summed E-state index contributed by atoms with van der Waals surface area (Å²) < 4.78 is 34.8. The minimum atomic E-state index is -4.18. The SMILES string of the molecule is CCOc1ccccc1N(CC(=O)N(Cc1cccc(Cl)c1)[C@@H](C)C(=O)NC1CCCC1)S(=O)(=O)c1ccccc1. The summed E-state index contributed by atoms with van der Waals surface area (Å²) in [4.78, 5) is 28.9. The van der Waals surface area contributed by atoms with E-state index in [1.807, 2.05) is 6.07 Å². The van der Waals surface area contributed by atoms with Crippen molar-refractivity contribution in [3.8, 4) is 5.75 Å². The topological polar surface area (TPSA) is 96.0 Å². The average molecular weight is 598 g/mol. The van der Waals surface area contributed by atoms with Gasteiger partial charge in [-0.05, 0) is 68.7 Å². The van der Waals surface area contributed by atoms with Crippen molar-refractivity contribution in [1.29, 1.82) is 0 Å². The molecule has 218 valence electrons. The number of nitrogens with one attached hydrogen (secondary N) is 1. The van der Waals surface area contributed by atoms with Gasteiger partial charge in [-0.25, -0.2) is 8.42 Å². The van der Waals surface area contributed by atoms with E-state index in [2.05, 4.69) is 5.32 Å². The van der Waals surface area contributed by atoms with Gasteiger partial charge in [0.2, 0.25) is 11.8 Å². The molecule has 0 aromatic heterocycles. The van der Waals surface area contributed by atoms with Crippen LogP contribution >= 0.6 is 11.6 Å². The standard InChI is InChI=1S/C31H36ClN3O5S/c1-3-40-29-19-10-9-18-28(29)35(41(38,39)27-16-5-4-6-17-27)22-30(36)34(21-24-12-11-13-25(32)20-24)23(2)31(37)33-26-14-7-8-15-26/h4-6,9-13,16-20,23,26H,3,7-8,14-15,21-22H2,1-2H3,(H,33,37)/t23-/m0/s1. The molecule has 1 N–H and O–H groups in total. The number of carbonyl (C=O) groups excluding carboxylic acids is 2. The number of benzene rings is 3. The summed E-state index contributed by atoms with van der Waals surface area (Å²) in [5.41, 5.74) is 0.955. The van der Waals surface area contributed by atoms with E-state index in [0.29, 0.717) is 17.4 Å². The van der Waals surface area contributed by atoms with Gasteiger partial charge in [0.05, 0.1) is 17.2 Å². The highest BCUT2D eigenvalue weighted by Crippen LogP contribution is 2.33. The number of anilines is 1. The maximum absolute atomic E-state index is 14.1. The van der Waals surface area contributed by atoms with Gasteiger partial charge in [-0.15, -0.1) is 0 Å². The van der Waals surface area contributed by atoms with Crippen molar-refractivity contribution in [2.75, 3.05) is 17.5 Å². The number of ether oxygens (including phenoxy) is 1. The Labute approximate surface area is 247 Å². The first kappa shape index (κ1) is 30.4. The van der Waals surface area contributed by atoms with Gasteiger partial charge < -0.3 is 15.0 Å². The highest BCUT2D eigenvalue weighted by Gasteiger charge is 2.34. The fraction of sp³-hybridized carbons (Fsp3) is 0.355. The molecular weight excluding hydrogens is 562 g/mol. The Bertz CT molecular complexity index is 1440. The lowest BCUT2D eigenvalue weighted by atomic mass is 10.1. The molecule has 0 unspecified atom stereocenters. The molecule has 8 nitrogen and oxygen atoms in total. The number of hydrogen-bond donors (Lipinski definition) is 1. The summed E-state index contributed by atoms with van der Waals surface area (Å²) in [5, 5.41) is 3.56. The average Bonchev–Trinajstić information content (AvgIpc) is 3.48.